The van der Waals surface area contributed by atoms with Gasteiger partial charge in [0.05, 0.1) is 22.8 Å². The van der Waals surface area contributed by atoms with Crippen molar-refractivity contribution in [1.29, 1.82) is 0 Å². The highest BCUT2D eigenvalue weighted by atomic mass is 16.1. The maximum Gasteiger partial charge on any atom is 0.266 e. The number of nitrogen functional groups attached to an aromatic ring is 1. The predicted octanol–water partition coefficient (Wildman–Crippen LogP) is 2.06. The van der Waals surface area contributed by atoms with E-state index in [2.05, 4.69) is 20.4 Å². The van der Waals surface area contributed by atoms with Gasteiger partial charge in [-0.05, 0) is 42.0 Å². The van der Waals surface area contributed by atoms with E-state index in [-0.39, 0.29) is 16.9 Å². The van der Waals surface area contributed by atoms with E-state index in [9.17, 15) is 9.59 Å². The highest BCUT2D eigenvalue weighted by molar-refractivity contribution is 6.03. The van der Waals surface area contributed by atoms with Crippen LogP contribution in [0, 0.1) is 6.92 Å². The van der Waals surface area contributed by atoms with Gasteiger partial charge >= 0.3 is 0 Å². The van der Waals surface area contributed by atoms with E-state index in [1.165, 1.54) is 6.20 Å². The SMILES string of the molecule is CCc1nc2cccc(C)c2c(=O)n1-c1ccccc1.NC(=O)c1c(N)nn2nnccc12. The van der Waals surface area contributed by atoms with Crippen molar-refractivity contribution in [2.75, 3.05) is 5.73 Å². The number of nitrogens with zero attached hydrogens (tertiary/aromatic N) is 6. The van der Waals surface area contributed by atoms with Crippen molar-refractivity contribution in [3.05, 3.63) is 88.1 Å². The number of hydrogen-bond acceptors (Lipinski definition) is 7. The van der Waals surface area contributed by atoms with Crippen LogP contribution in [0.3, 0.4) is 0 Å². The number of carbonyl (C=O) groups excluding carboxylic acids is 1. The lowest BCUT2D eigenvalue weighted by Crippen LogP contribution is -2.24. The minimum atomic E-state index is -0.625. The van der Waals surface area contributed by atoms with Crippen LogP contribution in [0.2, 0.25) is 0 Å². The molecule has 33 heavy (non-hydrogen) atoms. The highest BCUT2D eigenvalue weighted by Gasteiger charge is 2.15. The van der Waals surface area contributed by atoms with Crippen LogP contribution < -0.4 is 17.0 Å². The van der Waals surface area contributed by atoms with Crippen molar-refractivity contribution < 1.29 is 4.79 Å². The number of aryl methyl sites for hydroxylation is 2. The molecule has 5 aromatic rings. The molecule has 0 bridgehead atoms. The number of para-hydroxylation sites is 1. The molecule has 0 spiro atoms. The Morgan fingerprint density at radius 3 is 2.52 bits per heavy atom. The van der Waals surface area contributed by atoms with Crippen molar-refractivity contribution in [2.24, 2.45) is 5.73 Å². The lowest BCUT2D eigenvalue weighted by Gasteiger charge is -2.13. The van der Waals surface area contributed by atoms with Gasteiger partial charge in [-0.25, -0.2) is 4.98 Å². The van der Waals surface area contributed by atoms with Crippen LogP contribution in [0.25, 0.3) is 22.1 Å². The first-order valence-electron chi connectivity index (χ1n) is 10.2. The second-order valence-corrected chi connectivity index (χ2v) is 7.25. The summed E-state index contributed by atoms with van der Waals surface area (Å²) in [6.07, 6.45) is 2.15. The van der Waals surface area contributed by atoms with E-state index in [1.807, 2.05) is 62.4 Å². The molecule has 166 valence electrons. The fourth-order valence-corrected chi connectivity index (χ4v) is 3.61. The van der Waals surface area contributed by atoms with Crippen molar-refractivity contribution in [3.63, 3.8) is 0 Å². The zero-order chi connectivity index (χ0) is 23.5. The number of anilines is 1. The summed E-state index contributed by atoms with van der Waals surface area (Å²) in [5.74, 6) is 0.229. The Bertz CT molecular complexity index is 1520. The van der Waals surface area contributed by atoms with Crippen LogP contribution in [0.4, 0.5) is 5.82 Å². The molecule has 5 rings (SSSR count). The lowest BCUT2D eigenvalue weighted by molar-refractivity contribution is 0.100. The van der Waals surface area contributed by atoms with Gasteiger partial charge in [0.15, 0.2) is 5.82 Å². The van der Waals surface area contributed by atoms with E-state index in [4.69, 9.17) is 11.5 Å². The summed E-state index contributed by atoms with van der Waals surface area (Å²) >= 11 is 0. The average molecular weight is 442 g/mol. The van der Waals surface area contributed by atoms with Crippen LogP contribution in [0.15, 0.2) is 65.6 Å². The van der Waals surface area contributed by atoms with Crippen molar-refractivity contribution in [1.82, 2.24) is 29.6 Å². The zero-order valence-corrected chi connectivity index (χ0v) is 18.1. The molecule has 0 unspecified atom stereocenters. The van der Waals surface area contributed by atoms with Gasteiger partial charge in [0.25, 0.3) is 11.5 Å². The first-order valence-corrected chi connectivity index (χ1v) is 10.2. The Morgan fingerprint density at radius 2 is 1.82 bits per heavy atom. The highest BCUT2D eigenvalue weighted by Crippen LogP contribution is 2.16. The molecule has 3 aromatic heterocycles. The molecular formula is C23H22N8O2. The lowest BCUT2D eigenvalue weighted by atomic mass is 10.1. The molecule has 0 radical (unpaired) electrons. The molecule has 10 nitrogen and oxygen atoms in total. The maximum atomic E-state index is 12.9. The number of benzene rings is 2. The number of amides is 1. The molecule has 0 atom stereocenters. The standard InChI is InChI=1S/C17H16N2O.C6H6N6O/c1-3-15-18-14-11-7-8-12(2)16(14)17(20)19(15)13-9-5-4-6-10-13;7-5-4(6(8)13)3-1-2-9-11-12(3)10-5/h4-11H,3H2,1-2H3;1-2H,(H2,7,10)(H2,8,13). The molecule has 0 saturated carbocycles. The van der Waals surface area contributed by atoms with Crippen molar-refractivity contribution in [2.45, 2.75) is 20.3 Å². The van der Waals surface area contributed by atoms with Gasteiger partial charge in [0.2, 0.25) is 0 Å². The summed E-state index contributed by atoms with van der Waals surface area (Å²) in [4.78, 5) is 28.4. The molecule has 1 amide bonds. The van der Waals surface area contributed by atoms with Crippen molar-refractivity contribution in [3.8, 4) is 5.69 Å². The number of carbonyl (C=O) groups is 1. The summed E-state index contributed by atoms with van der Waals surface area (Å²) in [6.45, 7) is 3.97. The van der Waals surface area contributed by atoms with Gasteiger partial charge in [-0.3, -0.25) is 14.2 Å². The second kappa shape index (κ2) is 8.87. The number of fused-ring (bicyclic) bond motifs is 2. The molecule has 0 aliphatic heterocycles. The van der Waals surface area contributed by atoms with E-state index in [0.717, 1.165) is 27.2 Å². The van der Waals surface area contributed by atoms with Crippen LogP contribution in [0.1, 0.15) is 28.7 Å². The van der Waals surface area contributed by atoms with Crippen LogP contribution >= 0.6 is 0 Å². The summed E-state index contributed by atoms with van der Waals surface area (Å²) in [5.41, 5.74) is 13.8. The first-order chi connectivity index (χ1) is 15.9. The molecule has 0 aliphatic rings. The molecule has 0 saturated heterocycles. The van der Waals surface area contributed by atoms with Gasteiger partial charge < -0.3 is 11.5 Å². The third-order valence-electron chi connectivity index (χ3n) is 5.12. The maximum absolute atomic E-state index is 12.9. The fraction of sp³-hybridized carbons (Fsp3) is 0.130. The molecule has 2 aromatic carbocycles. The number of aromatic nitrogens is 6. The van der Waals surface area contributed by atoms with Crippen LogP contribution in [0.5, 0.6) is 0 Å². The minimum Gasteiger partial charge on any atom is -0.381 e. The first kappa shape index (κ1) is 21.6. The van der Waals surface area contributed by atoms with E-state index in [1.54, 1.807) is 10.6 Å². The third-order valence-corrected chi connectivity index (χ3v) is 5.12. The average Bonchev–Trinajstić information content (AvgIpc) is 3.15. The summed E-state index contributed by atoms with van der Waals surface area (Å²) in [6, 6.07) is 17.0. The summed E-state index contributed by atoms with van der Waals surface area (Å²) in [5, 5.41) is 11.6. The van der Waals surface area contributed by atoms with Gasteiger partial charge in [0.1, 0.15) is 16.9 Å². The largest absolute Gasteiger partial charge is 0.381 e. The molecule has 3 heterocycles. The molecule has 10 heteroatoms. The molecule has 4 N–H and O–H groups in total. The smallest absolute Gasteiger partial charge is 0.266 e. The Kier molecular flexibility index (Phi) is 5.81. The van der Waals surface area contributed by atoms with Gasteiger partial charge in [-0.1, -0.05) is 37.3 Å². The van der Waals surface area contributed by atoms with Crippen molar-refractivity contribution >= 4 is 28.1 Å². The zero-order valence-electron chi connectivity index (χ0n) is 18.1. The van der Waals surface area contributed by atoms with Crippen LogP contribution in [-0.4, -0.2) is 35.5 Å². The number of rotatable bonds is 3. The Labute approximate surface area is 188 Å². The Hall–Kier alpha value is -4.60. The van der Waals surface area contributed by atoms with E-state index in [0.29, 0.717) is 17.3 Å². The predicted molar refractivity (Wildman–Crippen MR) is 125 cm³/mol. The van der Waals surface area contributed by atoms with Gasteiger partial charge in [-0.2, -0.15) is 0 Å². The van der Waals surface area contributed by atoms with E-state index >= 15 is 0 Å². The van der Waals surface area contributed by atoms with E-state index < -0.39 is 5.91 Å². The third kappa shape index (κ3) is 4.01. The van der Waals surface area contributed by atoms with Crippen LogP contribution in [-0.2, 0) is 6.42 Å². The molecule has 0 fully saturated rings. The molecule has 0 aliphatic carbocycles. The molecular weight excluding hydrogens is 420 g/mol. The quantitative estimate of drug-likeness (QED) is 0.434. The number of nitrogens with two attached hydrogens (primary N) is 2. The second-order valence-electron chi connectivity index (χ2n) is 7.25. The summed E-state index contributed by atoms with van der Waals surface area (Å²) < 4.78 is 2.88. The Morgan fingerprint density at radius 1 is 1.06 bits per heavy atom. The van der Waals surface area contributed by atoms with Gasteiger partial charge in [0, 0.05) is 6.42 Å². The Balaban J connectivity index is 0.000000172. The fourth-order valence-electron chi connectivity index (χ4n) is 3.61. The topological polar surface area (TPSA) is 147 Å². The number of hydrogen-bond donors (Lipinski definition) is 2. The normalized spacial score (nSPS) is 10.7. The summed E-state index contributed by atoms with van der Waals surface area (Å²) in [7, 11) is 0. The van der Waals surface area contributed by atoms with Gasteiger partial charge in [-0.15, -0.1) is 14.8 Å². The number of primary amides is 1. The minimum absolute atomic E-state index is 0.0103. The monoisotopic (exact) mass is 442 g/mol.